The molecule has 2 aromatic rings. The summed E-state index contributed by atoms with van der Waals surface area (Å²) in [5, 5.41) is 3.05. The summed E-state index contributed by atoms with van der Waals surface area (Å²) in [4.78, 5) is 28.9. The summed E-state index contributed by atoms with van der Waals surface area (Å²) in [5.41, 5.74) is 4.98. The van der Waals surface area contributed by atoms with Crippen molar-refractivity contribution in [3.8, 4) is 0 Å². The number of carbonyl (C=O) groups is 2. The second-order valence-corrected chi connectivity index (χ2v) is 7.26. The smallest absolute Gasteiger partial charge is 0.253 e. The Kier molecular flexibility index (Phi) is 5.91. The van der Waals surface area contributed by atoms with Crippen LogP contribution in [0.3, 0.4) is 0 Å². The number of aryl methyl sites for hydroxylation is 3. The molecule has 0 aliphatic carbocycles. The van der Waals surface area contributed by atoms with Gasteiger partial charge >= 0.3 is 0 Å². The summed E-state index contributed by atoms with van der Waals surface area (Å²) in [6.07, 6.45) is 0. The molecule has 142 valence electrons. The van der Waals surface area contributed by atoms with Gasteiger partial charge in [0.05, 0.1) is 6.54 Å². The summed E-state index contributed by atoms with van der Waals surface area (Å²) in [6.45, 7) is 9.14. The Morgan fingerprint density at radius 2 is 1.52 bits per heavy atom. The summed E-state index contributed by atoms with van der Waals surface area (Å²) >= 11 is 0. The second-order valence-electron chi connectivity index (χ2n) is 7.26. The molecule has 1 N–H and O–H groups in total. The molecule has 2 aromatic carbocycles. The molecule has 2 amide bonds. The Morgan fingerprint density at radius 3 is 2.11 bits per heavy atom. The van der Waals surface area contributed by atoms with E-state index in [1.165, 1.54) is 5.56 Å². The van der Waals surface area contributed by atoms with Crippen LogP contribution in [0.4, 0.5) is 5.69 Å². The van der Waals surface area contributed by atoms with Crippen LogP contribution < -0.4 is 5.32 Å². The molecule has 1 saturated heterocycles. The first-order valence-corrected chi connectivity index (χ1v) is 9.38. The van der Waals surface area contributed by atoms with Crippen molar-refractivity contribution in [2.45, 2.75) is 20.8 Å². The fraction of sp³-hybridized carbons (Fsp3) is 0.364. The van der Waals surface area contributed by atoms with Crippen molar-refractivity contribution in [1.29, 1.82) is 0 Å². The highest BCUT2D eigenvalue weighted by atomic mass is 16.2. The summed E-state index contributed by atoms with van der Waals surface area (Å²) in [5.74, 6) is 0.0542. The van der Waals surface area contributed by atoms with E-state index < -0.39 is 0 Å². The van der Waals surface area contributed by atoms with Gasteiger partial charge in [0, 0.05) is 37.4 Å². The number of benzene rings is 2. The highest BCUT2D eigenvalue weighted by molar-refractivity contribution is 5.95. The molecule has 0 spiro atoms. The molecule has 5 heteroatoms. The SMILES string of the molecule is Cc1cc(C)c(NC(=O)CN2CCN(C(=O)c3ccccc3)CC2)c(C)c1. The monoisotopic (exact) mass is 365 g/mol. The van der Waals surface area contributed by atoms with E-state index in [1.54, 1.807) is 0 Å². The summed E-state index contributed by atoms with van der Waals surface area (Å²) < 4.78 is 0. The molecule has 0 atom stereocenters. The molecular formula is C22H27N3O2. The lowest BCUT2D eigenvalue weighted by Gasteiger charge is -2.34. The molecule has 1 fully saturated rings. The molecule has 0 bridgehead atoms. The second kappa shape index (κ2) is 8.35. The van der Waals surface area contributed by atoms with Gasteiger partial charge in [0.2, 0.25) is 5.91 Å². The normalized spacial score (nSPS) is 14.9. The minimum absolute atomic E-state index is 0.00658. The van der Waals surface area contributed by atoms with Crippen LogP contribution in [0.5, 0.6) is 0 Å². The van der Waals surface area contributed by atoms with Crippen LogP contribution in [0.15, 0.2) is 42.5 Å². The van der Waals surface area contributed by atoms with E-state index in [1.807, 2.05) is 49.1 Å². The highest BCUT2D eigenvalue weighted by Crippen LogP contribution is 2.22. The molecular weight excluding hydrogens is 338 g/mol. The molecule has 1 aliphatic rings. The minimum atomic E-state index is -0.00658. The van der Waals surface area contributed by atoms with Gasteiger partial charge in [0.25, 0.3) is 5.91 Å². The molecule has 0 aromatic heterocycles. The first-order chi connectivity index (χ1) is 12.9. The van der Waals surface area contributed by atoms with Gasteiger partial charge in [0.15, 0.2) is 0 Å². The maximum absolute atomic E-state index is 12.5. The third-order valence-electron chi connectivity index (χ3n) is 4.99. The van der Waals surface area contributed by atoms with E-state index in [0.717, 1.165) is 16.8 Å². The van der Waals surface area contributed by atoms with Crippen LogP contribution in [-0.2, 0) is 4.79 Å². The number of nitrogens with one attached hydrogen (secondary N) is 1. The van der Waals surface area contributed by atoms with Crippen molar-refractivity contribution in [3.05, 3.63) is 64.7 Å². The standard InChI is InChI=1S/C22H27N3O2/c1-16-13-17(2)21(18(3)14-16)23-20(26)15-24-9-11-25(12-10-24)22(27)19-7-5-4-6-8-19/h4-8,13-14H,9-12,15H2,1-3H3,(H,23,26). The maximum atomic E-state index is 12.5. The van der Waals surface area contributed by atoms with Crippen LogP contribution >= 0.6 is 0 Å². The molecule has 1 aliphatic heterocycles. The molecule has 27 heavy (non-hydrogen) atoms. The van der Waals surface area contributed by atoms with E-state index in [-0.39, 0.29) is 11.8 Å². The van der Waals surface area contributed by atoms with Gasteiger partial charge in [-0.05, 0) is 44.0 Å². The third kappa shape index (κ3) is 4.74. The van der Waals surface area contributed by atoms with Gasteiger partial charge in [0.1, 0.15) is 0 Å². The molecule has 0 saturated carbocycles. The van der Waals surface area contributed by atoms with Crippen LogP contribution in [0.2, 0.25) is 0 Å². The Balaban J connectivity index is 1.52. The molecule has 0 radical (unpaired) electrons. The predicted molar refractivity (Wildman–Crippen MR) is 108 cm³/mol. The summed E-state index contributed by atoms with van der Waals surface area (Å²) in [7, 11) is 0. The van der Waals surface area contributed by atoms with Crippen molar-refractivity contribution >= 4 is 17.5 Å². The number of carbonyl (C=O) groups excluding carboxylic acids is 2. The third-order valence-corrected chi connectivity index (χ3v) is 4.99. The minimum Gasteiger partial charge on any atom is -0.336 e. The topological polar surface area (TPSA) is 52.7 Å². The first kappa shape index (κ1) is 19.1. The predicted octanol–water partition coefficient (Wildman–Crippen LogP) is 3.01. The average molecular weight is 365 g/mol. The fourth-order valence-electron chi connectivity index (χ4n) is 3.63. The van der Waals surface area contributed by atoms with Crippen molar-refractivity contribution in [2.75, 3.05) is 38.0 Å². The lowest BCUT2D eigenvalue weighted by atomic mass is 10.1. The first-order valence-electron chi connectivity index (χ1n) is 9.38. The van der Waals surface area contributed by atoms with Gasteiger partial charge in [-0.1, -0.05) is 35.9 Å². The molecule has 5 nitrogen and oxygen atoms in total. The van der Waals surface area contributed by atoms with Crippen molar-refractivity contribution < 1.29 is 9.59 Å². The number of amides is 2. The zero-order valence-electron chi connectivity index (χ0n) is 16.3. The van der Waals surface area contributed by atoms with E-state index in [9.17, 15) is 9.59 Å². The Bertz CT molecular complexity index is 802. The largest absolute Gasteiger partial charge is 0.336 e. The van der Waals surface area contributed by atoms with Crippen LogP contribution in [-0.4, -0.2) is 54.3 Å². The van der Waals surface area contributed by atoms with E-state index in [4.69, 9.17) is 0 Å². The van der Waals surface area contributed by atoms with Gasteiger partial charge < -0.3 is 10.2 Å². The van der Waals surface area contributed by atoms with Crippen LogP contribution in [0.1, 0.15) is 27.0 Å². The average Bonchev–Trinajstić information content (AvgIpc) is 2.65. The molecule has 0 unspecified atom stereocenters. The number of rotatable bonds is 4. The zero-order valence-corrected chi connectivity index (χ0v) is 16.3. The van der Waals surface area contributed by atoms with Crippen LogP contribution in [0, 0.1) is 20.8 Å². The lowest BCUT2D eigenvalue weighted by molar-refractivity contribution is -0.117. The van der Waals surface area contributed by atoms with Gasteiger partial charge in [-0.15, -0.1) is 0 Å². The Labute approximate surface area is 161 Å². The zero-order chi connectivity index (χ0) is 19.4. The van der Waals surface area contributed by atoms with Crippen molar-refractivity contribution in [3.63, 3.8) is 0 Å². The van der Waals surface area contributed by atoms with Crippen molar-refractivity contribution in [2.24, 2.45) is 0 Å². The van der Waals surface area contributed by atoms with Gasteiger partial charge in [-0.3, -0.25) is 14.5 Å². The number of piperazine rings is 1. The van der Waals surface area contributed by atoms with E-state index >= 15 is 0 Å². The fourth-order valence-corrected chi connectivity index (χ4v) is 3.63. The quantitative estimate of drug-likeness (QED) is 0.906. The maximum Gasteiger partial charge on any atom is 0.253 e. The van der Waals surface area contributed by atoms with E-state index in [2.05, 4.69) is 29.3 Å². The molecule has 3 rings (SSSR count). The Hall–Kier alpha value is -2.66. The number of nitrogens with zero attached hydrogens (tertiary/aromatic N) is 2. The number of anilines is 1. The highest BCUT2D eigenvalue weighted by Gasteiger charge is 2.23. The van der Waals surface area contributed by atoms with Crippen molar-refractivity contribution in [1.82, 2.24) is 9.80 Å². The molecule has 1 heterocycles. The van der Waals surface area contributed by atoms with Gasteiger partial charge in [-0.25, -0.2) is 0 Å². The lowest BCUT2D eigenvalue weighted by Crippen LogP contribution is -2.50. The summed E-state index contributed by atoms with van der Waals surface area (Å²) in [6, 6.07) is 13.5. The van der Waals surface area contributed by atoms with Crippen LogP contribution in [0.25, 0.3) is 0 Å². The number of hydrogen-bond acceptors (Lipinski definition) is 3. The Morgan fingerprint density at radius 1 is 0.926 bits per heavy atom. The number of hydrogen-bond donors (Lipinski definition) is 1. The van der Waals surface area contributed by atoms with E-state index in [0.29, 0.717) is 38.3 Å². The van der Waals surface area contributed by atoms with Gasteiger partial charge in [-0.2, -0.15) is 0 Å².